The van der Waals surface area contributed by atoms with Crippen molar-refractivity contribution in [2.75, 3.05) is 5.32 Å². The molecule has 156 valence electrons. The summed E-state index contributed by atoms with van der Waals surface area (Å²) in [6.45, 7) is 2.56. The third kappa shape index (κ3) is 3.98. The Bertz CT molecular complexity index is 1390. The van der Waals surface area contributed by atoms with Gasteiger partial charge in [0.15, 0.2) is 0 Å². The predicted molar refractivity (Wildman–Crippen MR) is 125 cm³/mol. The lowest BCUT2D eigenvalue weighted by Gasteiger charge is -2.13. The number of aromatic nitrogens is 4. The van der Waals surface area contributed by atoms with Crippen LogP contribution in [-0.4, -0.2) is 25.7 Å². The van der Waals surface area contributed by atoms with Gasteiger partial charge in [-0.1, -0.05) is 66.2 Å². The van der Waals surface area contributed by atoms with Crippen molar-refractivity contribution in [1.29, 1.82) is 0 Å². The van der Waals surface area contributed by atoms with Crippen molar-refractivity contribution < 1.29 is 4.79 Å². The molecule has 6 nitrogen and oxygen atoms in total. The van der Waals surface area contributed by atoms with E-state index in [0.29, 0.717) is 12.1 Å². The minimum absolute atomic E-state index is 0.178. The van der Waals surface area contributed by atoms with Gasteiger partial charge >= 0.3 is 0 Å². The molecule has 0 saturated heterocycles. The minimum atomic E-state index is -0.178. The van der Waals surface area contributed by atoms with Crippen molar-refractivity contribution in [3.63, 3.8) is 0 Å². The molecule has 0 spiro atoms. The maximum absolute atomic E-state index is 13.4. The zero-order chi connectivity index (χ0) is 21.9. The van der Waals surface area contributed by atoms with Crippen LogP contribution in [0.4, 0.5) is 5.69 Å². The average Bonchev–Trinajstić information content (AvgIpc) is 3.33. The molecular weight excluding hydrogens is 398 g/mol. The van der Waals surface area contributed by atoms with Crippen LogP contribution in [0.1, 0.15) is 21.5 Å². The molecule has 2 aromatic heterocycles. The van der Waals surface area contributed by atoms with Crippen LogP contribution >= 0.6 is 0 Å². The standard InChI is InChI=1S/C26H21N5O/c1-18-10-12-19(13-11-18)25-14-22(21-7-3-5-9-24(21)29-25)26(32)30-23-8-4-2-6-20(23)15-31-17-27-16-28-31/h2-14,16-17H,15H2,1H3,(H,30,32). The van der Waals surface area contributed by atoms with Gasteiger partial charge < -0.3 is 5.32 Å². The molecule has 32 heavy (non-hydrogen) atoms. The summed E-state index contributed by atoms with van der Waals surface area (Å²) < 4.78 is 1.72. The van der Waals surface area contributed by atoms with E-state index in [9.17, 15) is 4.79 Å². The molecule has 0 aliphatic heterocycles. The lowest BCUT2D eigenvalue weighted by Crippen LogP contribution is -2.15. The lowest BCUT2D eigenvalue weighted by atomic mass is 10.0. The van der Waals surface area contributed by atoms with E-state index >= 15 is 0 Å². The number of amides is 1. The maximum atomic E-state index is 13.4. The maximum Gasteiger partial charge on any atom is 0.256 e. The fourth-order valence-electron chi connectivity index (χ4n) is 3.69. The fourth-order valence-corrected chi connectivity index (χ4v) is 3.69. The van der Waals surface area contributed by atoms with Crippen molar-refractivity contribution in [3.8, 4) is 11.3 Å². The highest BCUT2D eigenvalue weighted by Gasteiger charge is 2.15. The molecule has 0 aliphatic rings. The van der Waals surface area contributed by atoms with Crippen molar-refractivity contribution >= 4 is 22.5 Å². The number of carbonyl (C=O) groups is 1. The van der Waals surface area contributed by atoms with Crippen molar-refractivity contribution in [2.24, 2.45) is 0 Å². The fraction of sp³-hybridized carbons (Fsp3) is 0.0769. The van der Waals surface area contributed by atoms with Gasteiger partial charge in [0.2, 0.25) is 0 Å². The van der Waals surface area contributed by atoms with Crippen LogP contribution in [0.5, 0.6) is 0 Å². The van der Waals surface area contributed by atoms with E-state index in [1.165, 1.54) is 11.9 Å². The first kappa shape index (κ1) is 19.6. The smallest absolute Gasteiger partial charge is 0.256 e. The van der Waals surface area contributed by atoms with E-state index in [1.54, 1.807) is 11.0 Å². The first-order valence-electron chi connectivity index (χ1n) is 10.4. The molecule has 0 bridgehead atoms. The summed E-state index contributed by atoms with van der Waals surface area (Å²) >= 11 is 0. The van der Waals surface area contributed by atoms with E-state index in [1.807, 2.05) is 85.8 Å². The summed E-state index contributed by atoms with van der Waals surface area (Å²) in [5, 5.41) is 8.07. The van der Waals surface area contributed by atoms with Gasteiger partial charge in [-0.05, 0) is 30.7 Å². The number of anilines is 1. The molecule has 6 heteroatoms. The SMILES string of the molecule is Cc1ccc(-c2cc(C(=O)Nc3ccccc3Cn3cncn3)c3ccccc3n2)cc1. The zero-order valence-electron chi connectivity index (χ0n) is 17.6. The number of nitrogens with zero attached hydrogens (tertiary/aromatic N) is 4. The Morgan fingerprint density at radius 1 is 0.969 bits per heavy atom. The highest BCUT2D eigenvalue weighted by molar-refractivity contribution is 6.13. The van der Waals surface area contributed by atoms with Gasteiger partial charge in [-0.3, -0.25) is 4.79 Å². The molecule has 0 aliphatic carbocycles. The van der Waals surface area contributed by atoms with E-state index in [0.717, 1.165) is 33.4 Å². The molecule has 1 N–H and O–H groups in total. The number of hydrogen-bond donors (Lipinski definition) is 1. The van der Waals surface area contributed by atoms with Gasteiger partial charge in [0.1, 0.15) is 12.7 Å². The molecule has 0 unspecified atom stereocenters. The van der Waals surface area contributed by atoms with Crippen LogP contribution in [-0.2, 0) is 6.54 Å². The summed E-state index contributed by atoms with van der Waals surface area (Å²) in [4.78, 5) is 22.2. The van der Waals surface area contributed by atoms with E-state index < -0.39 is 0 Å². The Morgan fingerprint density at radius 3 is 2.56 bits per heavy atom. The van der Waals surface area contributed by atoms with Crippen LogP contribution in [0.2, 0.25) is 0 Å². The number of aryl methyl sites for hydroxylation is 1. The summed E-state index contributed by atoms with van der Waals surface area (Å²) in [5.41, 5.74) is 5.98. The van der Waals surface area contributed by atoms with Crippen LogP contribution in [0.3, 0.4) is 0 Å². The molecule has 2 heterocycles. The molecule has 0 atom stereocenters. The monoisotopic (exact) mass is 419 g/mol. The second-order valence-corrected chi connectivity index (χ2v) is 7.64. The second kappa shape index (κ2) is 8.43. The molecule has 1 amide bonds. The molecule has 5 rings (SSSR count). The average molecular weight is 419 g/mol. The Balaban J connectivity index is 1.53. The number of fused-ring (bicyclic) bond motifs is 1. The summed E-state index contributed by atoms with van der Waals surface area (Å²) in [7, 11) is 0. The summed E-state index contributed by atoms with van der Waals surface area (Å²) in [5.74, 6) is -0.178. The Morgan fingerprint density at radius 2 is 1.75 bits per heavy atom. The highest BCUT2D eigenvalue weighted by atomic mass is 16.1. The first-order chi connectivity index (χ1) is 15.7. The quantitative estimate of drug-likeness (QED) is 0.430. The van der Waals surface area contributed by atoms with Gasteiger partial charge in [-0.15, -0.1) is 0 Å². The Hall–Kier alpha value is -4.32. The number of para-hydroxylation sites is 2. The van der Waals surface area contributed by atoms with Gasteiger partial charge in [0.25, 0.3) is 5.91 Å². The van der Waals surface area contributed by atoms with Crippen molar-refractivity contribution in [1.82, 2.24) is 19.7 Å². The van der Waals surface area contributed by atoms with Crippen molar-refractivity contribution in [2.45, 2.75) is 13.5 Å². The molecule has 0 radical (unpaired) electrons. The van der Waals surface area contributed by atoms with E-state index in [2.05, 4.69) is 15.4 Å². The van der Waals surface area contributed by atoms with Crippen LogP contribution in [0.15, 0.2) is 91.5 Å². The number of carbonyl (C=O) groups excluding carboxylic acids is 1. The Kier molecular flexibility index (Phi) is 5.17. The van der Waals surface area contributed by atoms with Crippen LogP contribution < -0.4 is 5.32 Å². The molecular formula is C26H21N5O. The van der Waals surface area contributed by atoms with Gasteiger partial charge in [-0.25, -0.2) is 14.6 Å². The van der Waals surface area contributed by atoms with Crippen LogP contribution in [0.25, 0.3) is 22.2 Å². The number of benzene rings is 3. The van der Waals surface area contributed by atoms with Gasteiger partial charge in [0.05, 0.1) is 23.3 Å². The van der Waals surface area contributed by atoms with Gasteiger partial charge in [0, 0.05) is 16.6 Å². The number of hydrogen-bond acceptors (Lipinski definition) is 4. The lowest BCUT2D eigenvalue weighted by molar-refractivity contribution is 0.102. The van der Waals surface area contributed by atoms with E-state index in [4.69, 9.17) is 4.98 Å². The minimum Gasteiger partial charge on any atom is -0.322 e. The predicted octanol–water partition coefficient (Wildman–Crippen LogP) is 5.10. The number of nitrogens with one attached hydrogen (secondary N) is 1. The van der Waals surface area contributed by atoms with E-state index in [-0.39, 0.29) is 5.91 Å². The zero-order valence-corrected chi connectivity index (χ0v) is 17.6. The number of rotatable bonds is 5. The third-order valence-corrected chi connectivity index (χ3v) is 5.37. The van der Waals surface area contributed by atoms with Gasteiger partial charge in [-0.2, -0.15) is 5.10 Å². The third-order valence-electron chi connectivity index (χ3n) is 5.37. The molecule has 3 aromatic carbocycles. The summed E-state index contributed by atoms with van der Waals surface area (Å²) in [6, 6.07) is 25.5. The Labute approximate surface area is 185 Å². The second-order valence-electron chi connectivity index (χ2n) is 7.64. The van der Waals surface area contributed by atoms with Crippen LogP contribution in [0, 0.1) is 6.92 Å². The molecule has 0 saturated carbocycles. The molecule has 0 fully saturated rings. The first-order valence-corrected chi connectivity index (χ1v) is 10.4. The highest BCUT2D eigenvalue weighted by Crippen LogP contribution is 2.26. The topological polar surface area (TPSA) is 72.7 Å². The van der Waals surface area contributed by atoms with Crippen molar-refractivity contribution in [3.05, 3.63) is 108 Å². The molecule has 5 aromatic rings. The summed E-state index contributed by atoms with van der Waals surface area (Å²) in [6.07, 6.45) is 3.15. The normalized spacial score (nSPS) is 10.9. The number of pyridine rings is 1. The largest absolute Gasteiger partial charge is 0.322 e.